The summed E-state index contributed by atoms with van der Waals surface area (Å²) in [5.41, 5.74) is 6.66. The molecule has 0 atom stereocenters. The summed E-state index contributed by atoms with van der Waals surface area (Å²) >= 11 is 0. The van der Waals surface area contributed by atoms with Crippen molar-refractivity contribution in [3.63, 3.8) is 0 Å². The van der Waals surface area contributed by atoms with Crippen LogP contribution in [0.2, 0.25) is 0 Å². The summed E-state index contributed by atoms with van der Waals surface area (Å²) in [6.45, 7) is 0. The smallest absolute Gasteiger partial charge is 0.267 e. The second-order valence-electron chi connectivity index (χ2n) is 6.14. The van der Waals surface area contributed by atoms with Gasteiger partial charge in [0.25, 0.3) is 5.91 Å². The molecular weight excluding hydrogens is 348 g/mol. The van der Waals surface area contributed by atoms with Crippen LogP contribution >= 0.6 is 0 Å². The zero-order valence-corrected chi connectivity index (χ0v) is 15.1. The molecule has 5 heteroatoms. The van der Waals surface area contributed by atoms with E-state index in [1.807, 2.05) is 89.7 Å². The molecule has 0 unspecified atom stereocenters. The first-order valence-electron chi connectivity index (χ1n) is 8.90. The average molecular weight is 366 g/mol. The summed E-state index contributed by atoms with van der Waals surface area (Å²) in [5.74, 6) is -0.256. The molecule has 136 valence electrons. The van der Waals surface area contributed by atoms with Gasteiger partial charge in [0.2, 0.25) is 0 Å². The maximum absolute atomic E-state index is 12.2. The SMILES string of the molecule is O=C(N/N=C\c1cn(-c2ccccc2)nc1-c1ccccc1)c1ccccc1. The molecule has 4 rings (SSSR count). The Kier molecular flexibility index (Phi) is 5.06. The molecule has 3 aromatic carbocycles. The molecule has 4 aromatic rings. The second kappa shape index (κ2) is 8.14. The predicted octanol–water partition coefficient (Wildman–Crippen LogP) is 4.30. The topological polar surface area (TPSA) is 59.3 Å². The van der Waals surface area contributed by atoms with Crippen molar-refractivity contribution in [1.29, 1.82) is 0 Å². The molecular formula is C23H18N4O. The van der Waals surface area contributed by atoms with Crippen LogP contribution < -0.4 is 5.43 Å². The van der Waals surface area contributed by atoms with E-state index in [0.29, 0.717) is 5.56 Å². The van der Waals surface area contributed by atoms with Gasteiger partial charge < -0.3 is 0 Å². The molecule has 0 fully saturated rings. The van der Waals surface area contributed by atoms with Gasteiger partial charge in [-0.3, -0.25) is 4.79 Å². The number of hydrogen-bond acceptors (Lipinski definition) is 3. The number of nitrogens with one attached hydrogen (secondary N) is 1. The monoisotopic (exact) mass is 366 g/mol. The molecule has 0 saturated heterocycles. The van der Waals surface area contributed by atoms with E-state index in [0.717, 1.165) is 22.5 Å². The normalized spacial score (nSPS) is 10.9. The first-order valence-corrected chi connectivity index (χ1v) is 8.90. The van der Waals surface area contributed by atoms with Crippen molar-refractivity contribution >= 4 is 12.1 Å². The van der Waals surface area contributed by atoms with Crippen LogP contribution in [-0.4, -0.2) is 21.9 Å². The minimum absolute atomic E-state index is 0.256. The molecule has 28 heavy (non-hydrogen) atoms. The van der Waals surface area contributed by atoms with Crippen LogP contribution in [0.25, 0.3) is 16.9 Å². The predicted molar refractivity (Wildman–Crippen MR) is 111 cm³/mol. The Morgan fingerprint density at radius 1 is 0.857 bits per heavy atom. The molecule has 1 amide bonds. The van der Waals surface area contributed by atoms with Gasteiger partial charge in [0.15, 0.2) is 0 Å². The molecule has 0 aliphatic carbocycles. The molecule has 0 bridgehead atoms. The number of benzene rings is 3. The van der Waals surface area contributed by atoms with Gasteiger partial charge in [-0.15, -0.1) is 0 Å². The molecule has 0 aliphatic rings. The van der Waals surface area contributed by atoms with E-state index >= 15 is 0 Å². The molecule has 1 aromatic heterocycles. The van der Waals surface area contributed by atoms with E-state index in [-0.39, 0.29) is 5.91 Å². The zero-order valence-electron chi connectivity index (χ0n) is 15.1. The summed E-state index contributed by atoms with van der Waals surface area (Å²) in [6.07, 6.45) is 3.52. The van der Waals surface area contributed by atoms with E-state index in [1.165, 1.54) is 0 Å². The third-order valence-electron chi connectivity index (χ3n) is 4.22. The van der Waals surface area contributed by atoms with Crippen molar-refractivity contribution in [3.05, 3.63) is 108 Å². The van der Waals surface area contributed by atoms with Crippen molar-refractivity contribution < 1.29 is 4.79 Å². The maximum Gasteiger partial charge on any atom is 0.271 e. The van der Waals surface area contributed by atoms with Crippen LogP contribution in [0.5, 0.6) is 0 Å². The number of hydrazone groups is 1. The van der Waals surface area contributed by atoms with Crippen LogP contribution in [0.1, 0.15) is 15.9 Å². The van der Waals surface area contributed by atoms with E-state index in [2.05, 4.69) is 10.5 Å². The molecule has 1 heterocycles. The summed E-state index contributed by atoms with van der Waals surface area (Å²) in [4.78, 5) is 12.2. The lowest BCUT2D eigenvalue weighted by atomic mass is 10.1. The fourth-order valence-electron chi connectivity index (χ4n) is 2.83. The Balaban J connectivity index is 1.63. The summed E-state index contributed by atoms with van der Waals surface area (Å²) in [5, 5.41) is 8.85. The highest BCUT2D eigenvalue weighted by molar-refractivity contribution is 5.95. The second-order valence-corrected chi connectivity index (χ2v) is 6.14. The fourth-order valence-corrected chi connectivity index (χ4v) is 2.83. The highest BCUT2D eigenvalue weighted by atomic mass is 16.2. The molecule has 1 N–H and O–H groups in total. The number of carbonyl (C=O) groups excluding carboxylic acids is 1. The Bertz CT molecular complexity index is 1090. The number of nitrogens with zero attached hydrogens (tertiary/aromatic N) is 3. The van der Waals surface area contributed by atoms with Crippen LogP contribution in [0, 0.1) is 0 Å². The van der Waals surface area contributed by atoms with Crippen molar-refractivity contribution in [3.8, 4) is 16.9 Å². The van der Waals surface area contributed by atoms with Gasteiger partial charge in [-0.25, -0.2) is 10.1 Å². The Hall–Kier alpha value is -3.99. The third-order valence-corrected chi connectivity index (χ3v) is 4.22. The number of amides is 1. The maximum atomic E-state index is 12.2. The highest BCUT2D eigenvalue weighted by Crippen LogP contribution is 2.22. The van der Waals surface area contributed by atoms with Crippen LogP contribution in [-0.2, 0) is 0 Å². The van der Waals surface area contributed by atoms with Crippen molar-refractivity contribution in [2.45, 2.75) is 0 Å². The van der Waals surface area contributed by atoms with E-state index in [4.69, 9.17) is 5.10 Å². The van der Waals surface area contributed by atoms with Crippen LogP contribution in [0.3, 0.4) is 0 Å². The van der Waals surface area contributed by atoms with E-state index < -0.39 is 0 Å². The summed E-state index contributed by atoms with van der Waals surface area (Å²) in [7, 11) is 0. The zero-order chi connectivity index (χ0) is 19.2. The van der Waals surface area contributed by atoms with Gasteiger partial charge in [0, 0.05) is 22.9 Å². The first-order chi connectivity index (χ1) is 13.8. The van der Waals surface area contributed by atoms with E-state index in [1.54, 1.807) is 18.3 Å². The summed E-state index contributed by atoms with van der Waals surface area (Å²) < 4.78 is 1.81. The standard InChI is InChI=1S/C23H18N4O/c28-23(19-12-6-2-7-13-19)25-24-16-20-17-27(21-14-8-3-9-15-21)26-22(20)18-10-4-1-5-11-18/h1-17H,(H,25,28)/b24-16-. The highest BCUT2D eigenvalue weighted by Gasteiger charge is 2.11. The number of aromatic nitrogens is 2. The van der Waals surface area contributed by atoms with Gasteiger partial charge in [-0.05, 0) is 24.3 Å². The molecule has 5 nitrogen and oxygen atoms in total. The van der Waals surface area contributed by atoms with E-state index in [9.17, 15) is 4.79 Å². The lowest BCUT2D eigenvalue weighted by Crippen LogP contribution is -2.17. The number of para-hydroxylation sites is 1. The third kappa shape index (κ3) is 3.88. The van der Waals surface area contributed by atoms with Crippen molar-refractivity contribution in [2.75, 3.05) is 0 Å². The lowest BCUT2D eigenvalue weighted by molar-refractivity contribution is 0.0955. The van der Waals surface area contributed by atoms with Gasteiger partial charge in [0.1, 0.15) is 5.69 Å². The Morgan fingerprint density at radius 2 is 1.46 bits per heavy atom. The molecule has 0 aliphatic heterocycles. The largest absolute Gasteiger partial charge is 0.271 e. The molecule has 0 radical (unpaired) electrons. The minimum Gasteiger partial charge on any atom is -0.267 e. The Morgan fingerprint density at radius 3 is 2.14 bits per heavy atom. The van der Waals surface area contributed by atoms with Crippen LogP contribution in [0.15, 0.2) is 102 Å². The minimum atomic E-state index is -0.256. The molecule has 0 saturated carbocycles. The van der Waals surface area contributed by atoms with Crippen molar-refractivity contribution in [2.24, 2.45) is 5.10 Å². The molecule has 0 spiro atoms. The number of hydrogen-bond donors (Lipinski definition) is 1. The number of carbonyl (C=O) groups is 1. The van der Waals surface area contributed by atoms with Gasteiger partial charge in [-0.2, -0.15) is 10.2 Å². The fraction of sp³-hybridized carbons (Fsp3) is 0. The quantitative estimate of drug-likeness (QED) is 0.423. The van der Waals surface area contributed by atoms with Gasteiger partial charge >= 0.3 is 0 Å². The van der Waals surface area contributed by atoms with Gasteiger partial charge in [0.05, 0.1) is 11.9 Å². The van der Waals surface area contributed by atoms with Crippen LogP contribution in [0.4, 0.5) is 0 Å². The average Bonchev–Trinajstić information content (AvgIpc) is 3.20. The van der Waals surface area contributed by atoms with Crippen molar-refractivity contribution in [1.82, 2.24) is 15.2 Å². The van der Waals surface area contributed by atoms with Gasteiger partial charge in [-0.1, -0.05) is 66.7 Å². The Labute approximate surface area is 163 Å². The first kappa shape index (κ1) is 17.4. The summed E-state index contributed by atoms with van der Waals surface area (Å²) in [6, 6.07) is 28.7. The lowest BCUT2D eigenvalue weighted by Gasteiger charge is -2.00. The number of rotatable bonds is 5.